The van der Waals surface area contributed by atoms with E-state index < -0.39 is 11.9 Å². The van der Waals surface area contributed by atoms with Gasteiger partial charge in [-0.3, -0.25) is 0 Å². The normalized spacial score (nSPS) is 17.1. The van der Waals surface area contributed by atoms with Crippen molar-refractivity contribution < 1.29 is 14.3 Å². The van der Waals surface area contributed by atoms with Crippen molar-refractivity contribution in [1.29, 1.82) is 5.26 Å². The first kappa shape index (κ1) is 17.8. The summed E-state index contributed by atoms with van der Waals surface area (Å²) in [4.78, 5) is 16.8. The summed E-state index contributed by atoms with van der Waals surface area (Å²) in [5, 5.41) is 10.6. The molecule has 132 valence electrons. The maximum atomic E-state index is 12.4. The minimum atomic E-state index is -0.814. The van der Waals surface area contributed by atoms with Crippen LogP contribution in [-0.4, -0.2) is 18.1 Å². The molecule has 1 aliphatic rings. The number of carbonyl (C=O) groups is 1. The van der Waals surface area contributed by atoms with Crippen molar-refractivity contribution in [3.63, 3.8) is 0 Å². The maximum Gasteiger partial charge on any atom is 0.338 e. The van der Waals surface area contributed by atoms with Gasteiger partial charge in [-0.15, -0.1) is 0 Å². The van der Waals surface area contributed by atoms with Gasteiger partial charge in [0.2, 0.25) is 5.88 Å². The molecule has 7 heteroatoms. The number of aromatic nitrogens is 1. The van der Waals surface area contributed by atoms with Crippen LogP contribution in [0, 0.1) is 18.3 Å². The number of para-hydroxylation sites is 1. The number of nitrogens with two attached hydrogens (primary N) is 1. The molecular weight excluding hydrogens is 354 g/mol. The molecule has 0 bridgehead atoms. The first-order valence-corrected chi connectivity index (χ1v) is 8.19. The van der Waals surface area contributed by atoms with Gasteiger partial charge in [0.1, 0.15) is 22.6 Å². The van der Waals surface area contributed by atoms with Gasteiger partial charge in [-0.2, -0.15) is 5.26 Å². The number of aryl methyl sites for hydroxylation is 1. The van der Waals surface area contributed by atoms with Gasteiger partial charge in [-0.1, -0.05) is 29.8 Å². The van der Waals surface area contributed by atoms with Crippen LogP contribution in [0.4, 0.5) is 0 Å². The number of allylic oxidation sites excluding steroid dienone is 2. The molecule has 0 fully saturated rings. The number of esters is 1. The van der Waals surface area contributed by atoms with E-state index in [1.165, 1.54) is 7.11 Å². The molecular formula is C19H16ClN3O3. The second-order valence-corrected chi connectivity index (χ2v) is 6.26. The highest BCUT2D eigenvalue weighted by Gasteiger charge is 2.37. The lowest BCUT2D eigenvalue weighted by molar-refractivity contribution is -0.136. The Balaban J connectivity index is 2.32. The molecule has 1 atom stereocenters. The quantitative estimate of drug-likeness (QED) is 0.643. The van der Waals surface area contributed by atoms with Crippen molar-refractivity contribution in [1.82, 2.24) is 4.98 Å². The van der Waals surface area contributed by atoms with E-state index in [-0.39, 0.29) is 27.9 Å². The van der Waals surface area contributed by atoms with E-state index in [2.05, 4.69) is 4.98 Å². The Kier molecular flexibility index (Phi) is 4.58. The van der Waals surface area contributed by atoms with Gasteiger partial charge in [-0.25, -0.2) is 9.78 Å². The van der Waals surface area contributed by atoms with E-state index in [1.807, 2.05) is 37.3 Å². The van der Waals surface area contributed by atoms with Gasteiger partial charge in [0, 0.05) is 10.9 Å². The van der Waals surface area contributed by atoms with E-state index in [9.17, 15) is 10.1 Å². The second-order valence-electron chi connectivity index (χ2n) is 5.90. The van der Waals surface area contributed by atoms with Gasteiger partial charge in [0.25, 0.3) is 0 Å². The van der Waals surface area contributed by atoms with Crippen molar-refractivity contribution in [2.24, 2.45) is 5.73 Å². The molecule has 2 N–H and O–H groups in total. The summed E-state index contributed by atoms with van der Waals surface area (Å²) < 4.78 is 10.2. The standard InChI is InChI=1S/C19H16ClN3O3/c1-9-5-4-6-11-7-12(17(20)23-16(9)11)15-13(8-21)18(22)26-10(2)14(15)19(24)25-3/h4-7,15H,22H2,1-3H3/t15-/m1/s1. The fourth-order valence-electron chi connectivity index (χ4n) is 3.11. The fraction of sp³-hybridized carbons (Fsp3) is 0.211. The third kappa shape index (κ3) is 2.76. The Hall–Kier alpha value is -3.04. The molecule has 26 heavy (non-hydrogen) atoms. The Morgan fingerprint density at radius 3 is 2.81 bits per heavy atom. The van der Waals surface area contributed by atoms with Gasteiger partial charge in [0.15, 0.2) is 0 Å². The number of nitriles is 1. The van der Waals surface area contributed by atoms with Crippen LogP contribution in [0.2, 0.25) is 5.15 Å². The van der Waals surface area contributed by atoms with E-state index >= 15 is 0 Å². The third-order valence-electron chi connectivity index (χ3n) is 4.35. The predicted octanol–water partition coefficient (Wildman–Crippen LogP) is 3.45. The van der Waals surface area contributed by atoms with Crippen LogP contribution in [0.15, 0.2) is 47.1 Å². The average molecular weight is 370 g/mol. The lowest BCUT2D eigenvalue weighted by Gasteiger charge is -2.27. The number of halogens is 1. The molecule has 0 saturated heterocycles. The summed E-state index contributed by atoms with van der Waals surface area (Å²) in [5.41, 5.74) is 8.37. The molecule has 2 heterocycles. The molecule has 0 radical (unpaired) electrons. The maximum absolute atomic E-state index is 12.4. The zero-order valence-corrected chi connectivity index (χ0v) is 15.2. The highest BCUT2D eigenvalue weighted by Crippen LogP contribution is 2.42. The van der Waals surface area contributed by atoms with E-state index in [0.717, 1.165) is 16.5 Å². The highest BCUT2D eigenvalue weighted by atomic mass is 35.5. The molecule has 0 saturated carbocycles. The third-order valence-corrected chi connectivity index (χ3v) is 4.65. The number of nitrogens with zero attached hydrogens (tertiary/aromatic N) is 2. The monoisotopic (exact) mass is 369 g/mol. The summed E-state index contributed by atoms with van der Waals surface area (Å²) in [6, 6.07) is 9.56. The van der Waals surface area contributed by atoms with Crippen molar-refractivity contribution in [3.8, 4) is 6.07 Å². The molecule has 3 rings (SSSR count). The number of benzene rings is 1. The van der Waals surface area contributed by atoms with Gasteiger partial charge >= 0.3 is 5.97 Å². The van der Waals surface area contributed by atoms with Crippen molar-refractivity contribution in [2.75, 3.05) is 7.11 Å². The molecule has 1 aromatic carbocycles. The van der Waals surface area contributed by atoms with Crippen molar-refractivity contribution >= 4 is 28.5 Å². The zero-order valence-electron chi connectivity index (χ0n) is 14.5. The number of fused-ring (bicyclic) bond motifs is 1. The molecule has 0 unspecified atom stereocenters. The predicted molar refractivity (Wildman–Crippen MR) is 96.9 cm³/mol. The summed E-state index contributed by atoms with van der Waals surface area (Å²) in [6.07, 6.45) is 0. The number of ether oxygens (including phenoxy) is 2. The van der Waals surface area contributed by atoms with Crippen LogP contribution in [0.3, 0.4) is 0 Å². The molecule has 2 aromatic rings. The topological polar surface area (TPSA) is 98.2 Å². The second kappa shape index (κ2) is 6.70. The van der Waals surface area contributed by atoms with Gasteiger partial charge < -0.3 is 15.2 Å². The van der Waals surface area contributed by atoms with Crippen LogP contribution in [-0.2, 0) is 14.3 Å². The Morgan fingerprint density at radius 1 is 1.42 bits per heavy atom. The average Bonchev–Trinajstić information content (AvgIpc) is 2.61. The Morgan fingerprint density at radius 2 is 2.15 bits per heavy atom. The Bertz CT molecular complexity index is 1030. The van der Waals surface area contributed by atoms with Crippen LogP contribution in [0.1, 0.15) is 24.0 Å². The molecule has 1 aromatic heterocycles. The first-order valence-electron chi connectivity index (χ1n) is 7.81. The molecule has 6 nitrogen and oxygen atoms in total. The molecule has 0 spiro atoms. The first-order chi connectivity index (χ1) is 12.4. The largest absolute Gasteiger partial charge is 0.466 e. The fourth-order valence-corrected chi connectivity index (χ4v) is 3.36. The lowest BCUT2D eigenvalue weighted by atomic mass is 9.83. The number of rotatable bonds is 2. The van der Waals surface area contributed by atoms with Crippen LogP contribution >= 0.6 is 11.6 Å². The number of hydrogen-bond acceptors (Lipinski definition) is 6. The molecule has 0 aliphatic carbocycles. The van der Waals surface area contributed by atoms with E-state index in [4.69, 9.17) is 26.8 Å². The highest BCUT2D eigenvalue weighted by molar-refractivity contribution is 6.31. The molecule has 0 amide bonds. The van der Waals surface area contributed by atoms with Crippen LogP contribution < -0.4 is 5.73 Å². The minimum absolute atomic E-state index is 0.0666. The number of methoxy groups -OCH3 is 1. The summed E-state index contributed by atoms with van der Waals surface area (Å²) in [6.45, 7) is 3.52. The molecule has 1 aliphatic heterocycles. The summed E-state index contributed by atoms with van der Waals surface area (Å²) >= 11 is 6.44. The summed E-state index contributed by atoms with van der Waals surface area (Å²) in [7, 11) is 1.26. The number of hydrogen-bond donors (Lipinski definition) is 1. The lowest BCUT2D eigenvalue weighted by Crippen LogP contribution is -2.25. The Labute approximate surface area is 155 Å². The van der Waals surface area contributed by atoms with E-state index in [0.29, 0.717) is 5.56 Å². The van der Waals surface area contributed by atoms with Crippen LogP contribution in [0.25, 0.3) is 10.9 Å². The summed E-state index contributed by atoms with van der Waals surface area (Å²) in [5.74, 6) is -1.24. The van der Waals surface area contributed by atoms with E-state index in [1.54, 1.807) is 6.92 Å². The zero-order chi connectivity index (χ0) is 19.0. The van der Waals surface area contributed by atoms with Crippen molar-refractivity contribution in [2.45, 2.75) is 19.8 Å². The minimum Gasteiger partial charge on any atom is -0.466 e. The van der Waals surface area contributed by atoms with Crippen molar-refractivity contribution in [3.05, 3.63) is 63.3 Å². The number of carbonyl (C=O) groups excluding carboxylic acids is 1. The number of pyridine rings is 1. The van der Waals surface area contributed by atoms with Gasteiger partial charge in [0.05, 0.1) is 24.1 Å². The smallest absolute Gasteiger partial charge is 0.338 e. The van der Waals surface area contributed by atoms with Crippen LogP contribution in [0.5, 0.6) is 0 Å². The van der Waals surface area contributed by atoms with Gasteiger partial charge in [-0.05, 0) is 25.5 Å². The SMILES string of the molecule is COC(=O)C1=C(C)OC(N)=C(C#N)[C@H]1c1cc2cccc(C)c2nc1Cl.